The van der Waals surface area contributed by atoms with E-state index in [0.29, 0.717) is 83.6 Å². The highest BCUT2D eigenvalue weighted by Gasteiger charge is 2.38. The lowest BCUT2D eigenvalue weighted by molar-refractivity contribution is 0.0933. The first-order valence-corrected chi connectivity index (χ1v) is 15.8. The van der Waals surface area contributed by atoms with Gasteiger partial charge in [-0.1, -0.05) is 12.1 Å². The molecule has 13 heteroatoms. The van der Waals surface area contributed by atoms with Crippen LogP contribution < -0.4 is 16.2 Å². The van der Waals surface area contributed by atoms with Crippen molar-refractivity contribution in [3.05, 3.63) is 74.8 Å². The number of hydrogen-bond acceptors (Lipinski definition) is 10. The van der Waals surface area contributed by atoms with Crippen molar-refractivity contribution in [3.63, 3.8) is 0 Å². The number of carbonyl (C=O) groups is 2. The third-order valence-electron chi connectivity index (χ3n) is 8.64. The normalized spacial score (nSPS) is 20.9. The number of carbonyl (C=O) groups excluding carboxylic acids is 2. The number of cyclic esters (lactones) is 1. The minimum absolute atomic E-state index is 0.00338. The second kappa shape index (κ2) is 11.9. The number of rotatable bonds is 7. The summed E-state index contributed by atoms with van der Waals surface area (Å²) in [4.78, 5) is 50.6. The zero-order valence-electron chi connectivity index (χ0n) is 24.6. The van der Waals surface area contributed by atoms with Crippen LogP contribution in [0.2, 0.25) is 0 Å². The molecule has 0 bridgehead atoms. The lowest BCUT2D eigenvalue weighted by atomic mass is 9.97. The Labute approximate surface area is 262 Å². The first kappa shape index (κ1) is 28.9. The number of hydrogen-bond donors (Lipinski definition) is 2. The summed E-state index contributed by atoms with van der Waals surface area (Å²) in [5.74, 6) is 0.363. The average molecular weight is 626 g/mol. The standard InChI is InChI=1S/C32H31N7O5S/c1-18-35-27-11-24(30-34-14-28(45-30)29(40)37-22-7-9-43-16-22)26(36-21-6-8-38-23(10-21)17-44-32(38)42)12-25(27)31(41)39(18)15-20-4-2-19(13-33)3-5-20/h2-5,11-12,14,21-23,36H,6-10,15-17H2,1H3,(H,37,40)/t21-,22?,23-/m0/s1. The summed E-state index contributed by atoms with van der Waals surface area (Å²) >= 11 is 1.28. The topological polar surface area (TPSA) is 151 Å². The Hall–Kier alpha value is -4.80. The summed E-state index contributed by atoms with van der Waals surface area (Å²) in [7, 11) is 0. The third-order valence-corrected chi connectivity index (χ3v) is 9.67. The van der Waals surface area contributed by atoms with Crippen LogP contribution in [0.15, 0.2) is 47.4 Å². The van der Waals surface area contributed by atoms with Crippen molar-refractivity contribution in [3.8, 4) is 16.6 Å². The fourth-order valence-corrected chi connectivity index (χ4v) is 7.04. The van der Waals surface area contributed by atoms with Crippen LogP contribution >= 0.6 is 11.3 Å². The number of ether oxygens (including phenoxy) is 2. The first-order valence-electron chi connectivity index (χ1n) is 15.0. The van der Waals surface area contributed by atoms with Gasteiger partial charge in [-0.2, -0.15) is 5.26 Å². The van der Waals surface area contributed by atoms with Gasteiger partial charge in [0.05, 0.1) is 54.0 Å². The highest BCUT2D eigenvalue weighted by molar-refractivity contribution is 7.17. The third kappa shape index (κ3) is 5.74. The Morgan fingerprint density at radius 2 is 2.00 bits per heavy atom. The number of amides is 2. The van der Waals surface area contributed by atoms with E-state index in [0.717, 1.165) is 17.5 Å². The molecule has 0 spiro atoms. The molecule has 2 N–H and O–H groups in total. The van der Waals surface area contributed by atoms with E-state index in [4.69, 9.17) is 19.7 Å². The van der Waals surface area contributed by atoms with Crippen LogP contribution in [0.1, 0.15) is 45.9 Å². The van der Waals surface area contributed by atoms with E-state index in [9.17, 15) is 14.4 Å². The van der Waals surface area contributed by atoms with Crippen molar-refractivity contribution in [2.75, 3.05) is 31.7 Å². The lowest BCUT2D eigenvalue weighted by Crippen LogP contribution is -2.45. The van der Waals surface area contributed by atoms with Gasteiger partial charge in [0, 0.05) is 30.4 Å². The number of nitrogens with zero attached hydrogens (tertiary/aromatic N) is 5. The van der Waals surface area contributed by atoms with Crippen LogP contribution in [0.3, 0.4) is 0 Å². The predicted octanol–water partition coefficient (Wildman–Crippen LogP) is 3.66. The zero-order chi connectivity index (χ0) is 31.1. The maximum absolute atomic E-state index is 13.9. The molecule has 3 saturated heterocycles. The Balaban J connectivity index is 1.25. The van der Waals surface area contributed by atoms with E-state index in [2.05, 4.69) is 21.7 Å². The Morgan fingerprint density at radius 3 is 2.78 bits per heavy atom. The SMILES string of the molecule is Cc1nc2cc(-c3ncc(C(=O)NC4CCOC4)s3)c(N[C@H]3CCN4C(=O)OC[C@@H]4C3)cc2c(=O)n1Cc1ccc(C#N)cc1. The van der Waals surface area contributed by atoms with Gasteiger partial charge in [0.25, 0.3) is 11.5 Å². The molecule has 7 rings (SSSR count). The molecule has 0 aliphatic carbocycles. The van der Waals surface area contributed by atoms with Crippen molar-refractivity contribution < 1.29 is 19.1 Å². The van der Waals surface area contributed by atoms with Gasteiger partial charge < -0.3 is 25.0 Å². The first-order chi connectivity index (χ1) is 21.9. The molecule has 3 aliphatic heterocycles. The monoisotopic (exact) mass is 625 g/mol. The van der Waals surface area contributed by atoms with Crippen molar-refractivity contribution in [1.82, 2.24) is 24.8 Å². The summed E-state index contributed by atoms with van der Waals surface area (Å²) in [6.45, 7) is 4.19. The predicted molar refractivity (Wildman–Crippen MR) is 167 cm³/mol. The van der Waals surface area contributed by atoms with Crippen LogP contribution in [0.5, 0.6) is 0 Å². The molecular weight excluding hydrogens is 594 g/mol. The molecule has 5 heterocycles. The van der Waals surface area contributed by atoms with Gasteiger partial charge in [0.1, 0.15) is 22.3 Å². The smallest absolute Gasteiger partial charge is 0.410 e. The maximum atomic E-state index is 13.9. The molecule has 45 heavy (non-hydrogen) atoms. The molecule has 2 aromatic carbocycles. The Morgan fingerprint density at radius 1 is 1.16 bits per heavy atom. The highest BCUT2D eigenvalue weighted by Crippen LogP contribution is 2.36. The van der Waals surface area contributed by atoms with E-state index in [1.165, 1.54) is 11.3 Å². The van der Waals surface area contributed by atoms with Gasteiger partial charge in [-0.15, -0.1) is 11.3 Å². The van der Waals surface area contributed by atoms with Gasteiger partial charge in [-0.25, -0.2) is 14.8 Å². The van der Waals surface area contributed by atoms with Crippen LogP contribution in [0.4, 0.5) is 10.5 Å². The molecule has 2 aromatic heterocycles. The molecule has 230 valence electrons. The summed E-state index contributed by atoms with van der Waals surface area (Å²) < 4.78 is 12.3. The van der Waals surface area contributed by atoms with Crippen LogP contribution in [-0.4, -0.2) is 75.9 Å². The quantitative estimate of drug-likeness (QED) is 0.314. The molecule has 3 fully saturated rings. The number of thiazole rings is 1. The van der Waals surface area contributed by atoms with Gasteiger partial charge >= 0.3 is 6.09 Å². The molecule has 2 amide bonds. The van der Waals surface area contributed by atoms with E-state index < -0.39 is 0 Å². The van der Waals surface area contributed by atoms with E-state index in [-0.39, 0.29) is 35.7 Å². The number of nitriles is 1. The van der Waals surface area contributed by atoms with Crippen molar-refractivity contribution in [1.29, 1.82) is 5.26 Å². The Kier molecular flexibility index (Phi) is 7.68. The van der Waals surface area contributed by atoms with Crippen molar-refractivity contribution in [2.45, 2.75) is 50.9 Å². The molecule has 4 aromatic rings. The van der Waals surface area contributed by atoms with E-state index in [1.54, 1.807) is 34.7 Å². The van der Waals surface area contributed by atoms with Gasteiger partial charge in [0.2, 0.25) is 0 Å². The minimum Gasteiger partial charge on any atom is -0.447 e. The molecule has 12 nitrogen and oxygen atoms in total. The fourth-order valence-electron chi connectivity index (χ4n) is 6.19. The Bertz CT molecular complexity index is 1890. The van der Waals surface area contributed by atoms with Gasteiger partial charge in [-0.05, 0) is 56.0 Å². The second-order valence-corrected chi connectivity index (χ2v) is 12.7. The van der Waals surface area contributed by atoms with Crippen LogP contribution in [0.25, 0.3) is 21.5 Å². The van der Waals surface area contributed by atoms with E-state index in [1.807, 2.05) is 24.3 Å². The van der Waals surface area contributed by atoms with Crippen molar-refractivity contribution >= 4 is 39.9 Å². The molecule has 0 saturated carbocycles. The number of piperidine rings is 1. The summed E-state index contributed by atoms with van der Waals surface area (Å²) in [5, 5.41) is 16.9. The van der Waals surface area contributed by atoms with Crippen LogP contribution in [-0.2, 0) is 16.0 Å². The summed E-state index contributed by atoms with van der Waals surface area (Å²) in [5.41, 5.74) is 3.24. The number of aromatic nitrogens is 3. The molecule has 0 radical (unpaired) electrons. The zero-order valence-corrected chi connectivity index (χ0v) is 25.4. The number of anilines is 1. The highest BCUT2D eigenvalue weighted by atomic mass is 32.1. The number of benzene rings is 2. The molecule has 3 aliphatic rings. The number of aryl methyl sites for hydroxylation is 1. The maximum Gasteiger partial charge on any atom is 0.410 e. The fraction of sp³-hybridized carbons (Fsp3) is 0.375. The average Bonchev–Trinajstić information content (AvgIpc) is 3.82. The molecule has 1 unspecified atom stereocenters. The van der Waals surface area contributed by atoms with Gasteiger partial charge in [0.15, 0.2) is 0 Å². The lowest BCUT2D eigenvalue weighted by Gasteiger charge is -2.33. The number of nitrogens with one attached hydrogen (secondary N) is 2. The second-order valence-electron chi connectivity index (χ2n) is 11.6. The molecule has 3 atom stereocenters. The number of fused-ring (bicyclic) bond motifs is 2. The summed E-state index contributed by atoms with van der Waals surface area (Å²) in [6, 6.07) is 13.0. The molecular formula is C32H31N7O5S. The van der Waals surface area contributed by atoms with Gasteiger partial charge in [-0.3, -0.25) is 14.2 Å². The minimum atomic E-state index is -0.271. The largest absolute Gasteiger partial charge is 0.447 e. The van der Waals surface area contributed by atoms with Crippen LogP contribution in [0, 0.1) is 18.3 Å². The van der Waals surface area contributed by atoms with E-state index >= 15 is 0 Å². The van der Waals surface area contributed by atoms with Crippen molar-refractivity contribution in [2.24, 2.45) is 0 Å². The summed E-state index contributed by atoms with van der Waals surface area (Å²) in [6.07, 6.45) is 3.50.